The summed E-state index contributed by atoms with van der Waals surface area (Å²) in [6, 6.07) is 6.86. The van der Waals surface area contributed by atoms with Gasteiger partial charge in [0.25, 0.3) is 0 Å². The van der Waals surface area contributed by atoms with Gasteiger partial charge in [-0.3, -0.25) is 0 Å². The van der Waals surface area contributed by atoms with E-state index in [9.17, 15) is 4.39 Å². The van der Waals surface area contributed by atoms with Crippen LogP contribution in [0.1, 0.15) is 46.1 Å². The monoisotopic (exact) mass is 248 g/mol. The van der Waals surface area contributed by atoms with Crippen LogP contribution in [-0.4, -0.2) is 0 Å². The normalized spacial score (nSPS) is 14.1. The minimum absolute atomic E-state index is 0.153. The van der Waals surface area contributed by atoms with Gasteiger partial charge in [0.1, 0.15) is 5.82 Å². The summed E-state index contributed by atoms with van der Waals surface area (Å²) in [5, 5.41) is 0. The minimum atomic E-state index is -0.153. The molecule has 1 heteroatoms. The zero-order chi connectivity index (χ0) is 13.6. The second-order valence-corrected chi connectivity index (χ2v) is 6.28. The summed E-state index contributed by atoms with van der Waals surface area (Å²) < 4.78 is 12.8. The van der Waals surface area contributed by atoms with Crippen LogP contribution in [0.2, 0.25) is 0 Å². The van der Waals surface area contributed by atoms with Gasteiger partial charge < -0.3 is 0 Å². The summed E-state index contributed by atoms with van der Waals surface area (Å²) in [6.07, 6.45) is 7.89. The third-order valence-electron chi connectivity index (χ3n) is 2.94. The standard InChI is InChI=1S/C17H25F/c1-14(7-5-6-12-17(2,3)4)13-15-8-10-16(18)11-9-15/h6,8-12,14H,5,7,13H2,1-4H3/b12-6+. The maximum atomic E-state index is 12.8. The molecular weight excluding hydrogens is 223 g/mol. The number of rotatable bonds is 5. The van der Waals surface area contributed by atoms with Crippen LogP contribution in [0.3, 0.4) is 0 Å². The molecule has 100 valence electrons. The van der Waals surface area contributed by atoms with Crippen LogP contribution in [0.5, 0.6) is 0 Å². The highest BCUT2D eigenvalue weighted by Gasteiger charge is 2.05. The molecule has 1 rings (SSSR count). The first-order chi connectivity index (χ1) is 8.37. The Kier molecular flexibility index (Phi) is 5.58. The SMILES string of the molecule is CC(CC/C=C/C(C)(C)C)Cc1ccc(F)cc1. The largest absolute Gasteiger partial charge is 0.207 e. The Balaban J connectivity index is 2.32. The van der Waals surface area contributed by atoms with E-state index in [1.807, 2.05) is 12.1 Å². The Labute approximate surface area is 111 Å². The van der Waals surface area contributed by atoms with Crippen molar-refractivity contribution in [1.29, 1.82) is 0 Å². The van der Waals surface area contributed by atoms with E-state index < -0.39 is 0 Å². The summed E-state index contributed by atoms with van der Waals surface area (Å²) >= 11 is 0. The molecule has 0 aliphatic rings. The van der Waals surface area contributed by atoms with Gasteiger partial charge in [0.2, 0.25) is 0 Å². The van der Waals surface area contributed by atoms with E-state index in [4.69, 9.17) is 0 Å². The van der Waals surface area contributed by atoms with Crippen molar-refractivity contribution in [2.75, 3.05) is 0 Å². The van der Waals surface area contributed by atoms with Gasteiger partial charge in [-0.25, -0.2) is 4.39 Å². The quantitative estimate of drug-likeness (QED) is 0.613. The topological polar surface area (TPSA) is 0 Å². The Bertz CT molecular complexity index is 368. The Morgan fingerprint density at radius 3 is 2.33 bits per heavy atom. The molecule has 0 spiro atoms. The summed E-state index contributed by atoms with van der Waals surface area (Å²) in [6.45, 7) is 8.90. The second kappa shape index (κ2) is 6.72. The molecule has 1 aromatic carbocycles. The zero-order valence-corrected chi connectivity index (χ0v) is 12.0. The maximum absolute atomic E-state index is 12.8. The van der Waals surface area contributed by atoms with E-state index in [1.54, 1.807) is 12.1 Å². The van der Waals surface area contributed by atoms with E-state index in [0.717, 1.165) is 12.8 Å². The van der Waals surface area contributed by atoms with E-state index in [2.05, 4.69) is 39.8 Å². The first-order valence-corrected chi connectivity index (χ1v) is 6.79. The molecule has 0 aliphatic carbocycles. The number of allylic oxidation sites excluding steroid dienone is 2. The third-order valence-corrected chi connectivity index (χ3v) is 2.94. The summed E-state index contributed by atoms with van der Waals surface area (Å²) in [5.41, 5.74) is 1.50. The zero-order valence-electron chi connectivity index (χ0n) is 12.0. The smallest absolute Gasteiger partial charge is 0.123 e. The summed E-state index contributed by atoms with van der Waals surface area (Å²) in [5.74, 6) is 0.486. The number of hydrogen-bond acceptors (Lipinski definition) is 0. The third kappa shape index (κ3) is 6.58. The number of halogens is 1. The van der Waals surface area contributed by atoms with E-state index >= 15 is 0 Å². The number of hydrogen-bond donors (Lipinski definition) is 0. The Hall–Kier alpha value is -1.11. The molecule has 0 N–H and O–H groups in total. The lowest BCUT2D eigenvalue weighted by Crippen LogP contribution is -2.01. The summed E-state index contributed by atoms with van der Waals surface area (Å²) in [4.78, 5) is 0. The molecule has 0 saturated heterocycles. The Morgan fingerprint density at radius 1 is 1.17 bits per heavy atom. The average Bonchev–Trinajstić information content (AvgIpc) is 2.26. The van der Waals surface area contributed by atoms with Crippen LogP contribution in [-0.2, 0) is 6.42 Å². The molecule has 0 fully saturated rings. The van der Waals surface area contributed by atoms with Gasteiger partial charge >= 0.3 is 0 Å². The van der Waals surface area contributed by atoms with Crippen molar-refractivity contribution < 1.29 is 4.39 Å². The Morgan fingerprint density at radius 2 is 1.78 bits per heavy atom. The van der Waals surface area contributed by atoms with Crippen LogP contribution < -0.4 is 0 Å². The highest BCUT2D eigenvalue weighted by molar-refractivity contribution is 5.16. The molecule has 1 aromatic rings. The van der Waals surface area contributed by atoms with Gasteiger partial charge in [-0.2, -0.15) is 0 Å². The highest BCUT2D eigenvalue weighted by Crippen LogP contribution is 2.18. The highest BCUT2D eigenvalue weighted by atomic mass is 19.1. The van der Waals surface area contributed by atoms with Crippen LogP contribution in [0, 0.1) is 17.2 Å². The first kappa shape index (κ1) is 14.9. The molecule has 1 unspecified atom stereocenters. The lowest BCUT2D eigenvalue weighted by molar-refractivity contribution is 0.521. The fourth-order valence-corrected chi connectivity index (χ4v) is 1.94. The van der Waals surface area contributed by atoms with Gasteiger partial charge in [0.15, 0.2) is 0 Å². The van der Waals surface area contributed by atoms with Crippen molar-refractivity contribution in [3.05, 3.63) is 47.8 Å². The predicted molar refractivity (Wildman–Crippen MR) is 77.1 cm³/mol. The van der Waals surface area contributed by atoms with Gasteiger partial charge in [-0.1, -0.05) is 52.0 Å². The molecule has 1 atom stereocenters. The molecule has 0 aliphatic heterocycles. The molecule has 0 saturated carbocycles. The van der Waals surface area contributed by atoms with Crippen molar-refractivity contribution in [2.45, 2.75) is 47.0 Å². The lowest BCUT2D eigenvalue weighted by atomic mass is 9.93. The summed E-state index contributed by atoms with van der Waals surface area (Å²) in [7, 11) is 0. The van der Waals surface area contributed by atoms with Crippen LogP contribution >= 0.6 is 0 Å². The van der Waals surface area contributed by atoms with Crippen molar-refractivity contribution in [3.8, 4) is 0 Å². The van der Waals surface area contributed by atoms with Crippen LogP contribution in [0.4, 0.5) is 4.39 Å². The van der Waals surface area contributed by atoms with Crippen molar-refractivity contribution >= 4 is 0 Å². The average molecular weight is 248 g/mol. The van der Waals surface area contributed by atoms with Gasteiger partial charge in [-0.15, -0.1) is 0 Å². The number of benzene rings is 1. The lowest BCUT2D eigenvalue weighted by Gasteiger charge is -2.12. The molecule has 0 amide bonds. The second-order valence-electron chi connectivity index (χ2n) is 6.28. The van der Waals surface area contributed by atoms with Gasteiger partial charge in [0.05, 0.1) is 0 Å². The van der Waals surface area contributed by atoms with Crippen molar-refractivity contribution in [3.63, 3.8) is 0 Å². The van der Waals surface area contributed by atoms with E-state index in [1.165, 1.54) is 12.0 Å². The van der Waals surface area contributed by atoms with Crippen molar-refractivity contribution in [1.82, 2.24) is 0 Å². The molecular formula is C17H25F. The molecule has 0 radical (unpaired) electrons. The van der Waals surface area contributed by atoms with Crippen LogP contribution in [0.25, 0.3) is 0 Å². The predicted octanol–water partition coefficient (Wildman–Crippen LogP) is 5.39. The fourth-order valence-electron chi connectivity index (χ4n) is 1.94. The van der Waals surface area contributed by atoms with Crippen LogP contribution in [0.15, 0.2) is 36.4 Å². The van der Waals surface area contributed by atoms with Crippen molar-refractivity contribution in [2.24, 2.45) is 11.3 Å². The first-order valence-electron chi connectivity index (χ1n) is 6.79. The minimum Gasteiger partial charge on any atom is -0.207 e. The fraction of sp³-hybridized carbons (Fsp3) is 0.529. The molecule has 0 heterocycles. The van der Waals surface area contributed by atoms with Gasteiger partial charge in [0, 0.05) is 0 Å². The van der Waals surface area contributed by atoms with E-state index in [0.29, 0.717) is 5.92 Å². The molecule has 0 aromatic heterocycles. The molecule has 0 nitrogen and oxygen atoms in total. The molecule has 18 heavy (non-hydrogen) atoms. The maximum Gasteiger partial charge on any atom is 0.123 e. The van der Waals surface area contributed by atoms with E-state index in [-0.39, 0.29) is 11.2 Å². The van der Waals surface area contributed by atoms with Gasteiger partial charge in [-0.05, 0) is 48.3 Å². The molecule has 0 bridgehead atoms.